The SMILES string of the molecule is O=C1CCC(N2C(=O)c3cccc(NCCOCCOCCOCCOCCOc4cccc(C(=O)O)c4)c3C2=O)C(=O)N1. The summed E-state index contributed by atoms with van der Waals surface area (Å²) in [6.07, 6.45) is 0.159. The number of ether oxygens (including phenoxy) is 5. The lowest BCUT2D eigenvalue weighted by atomic mass is 10.0. The van der Waals surface area contributed by atoms with E-state index in [2.05, 4.69) is 10.6 Å². The molecule has 236 valence electrons. The van der Waals surface area contributed by atoms with Crippen LogP contribution in [-0.2, 0) is 28.5 Å². The number of aromatic carboxylic acids is 1. The second-order valence-corrected chi connectivity index (χ2v) is 9.73. The van der Waals surface area contributed by atoms with Crippen LogP contribution in [0.2, 0.25) is 0 Å². The maximum absolute atomic E-state index is 13.1. The van der Waals surface area contributed by atoms with Gasteiger partial charge in [-0.05, 0) is 36.8 Å². The number of benzene rings is 2. The molecular weight excluding hydrogens is 578 g/mol. The van der Waals surface area contributed by atoms with Gasteiger partial charge in [-0.1, -0.05) is 12.1 Å². The van der Waals surface area contributed by atoms with E-state index >= 15 is 0 Å². The van der Waals surface area contributed by atoms with Gasteiger partial charge in [0.25, 0.3) is 11.8 Å². The quantitative estimate of drug-likeness (QED) is 0.153. The normalized spacial score (nSPS) is 16.2. The monoisotopic (exact) mass is 613 g/mol. The molecule has 0 saturated carbocycles. The van der Waals surface area contributed by atoms with Crippen molar-refractivity contribution in [1.82, 2.24) is 10.2 Å². The van der Waals surface area contributed by atoms with E-state index in [-0.39, 0.29) is 36.1 Å². The molecule has 2 aliphatic heterocycles. The van der Waals surface area contributed by atoms with Crippen molar-refractivity contribution in [2.24, 2.45) is 0 Å². The summed E-state index contributed by atoms with van der Waals surface area (Å²) < 4.78 is 27.4. The summed E-state index contributed by atoms with van der Waals surface area (Å²) in [7, 11) is 0. The van der Waals surface area contributed by atoms with Gasteiger partial charge in [-0.3, -0.25) is 29.4 Å². The van der Waals surface area contributed by atoms with Crippen molar-refractivity contribution in [1.29, 1.82) is 0 Å². The minimum atomic E-state index is -1.01. The summed E-state index contributed by atoms with van der Waals surface area (Å²) in [6.45, 7) is 3.61. The van der Waals surface area contributed by atoms with Crippen LogP contribution in [0.4, 0.5) is 5.69 Å². The average Bonchev–Trinajstić information content (AvgIpc) is 3.26. The number of hydrogen-bond acceptors (Lipinski definition) is 11. The summed E-state index contributed by atoms with van der Waals surface area (Å²) in [6, 6.07) is 10.1. The van der Waals surface area contributed by atoms with Gasteiger partial charge in [0.1, 0.15) is 18.4 Å². The van der Waals surface area contributed by atoms with Crippen molar-refractivity contribution < 1.29 is 52.8 Å². The van der Waals surface area contributed by atoms with Crippen LogP contribution in [0.5, 0.6) is 5.75 Å². The van der Waals surface area contributed by atoms with Gasteiger partial charge in [-0.15, -0.1) is 0 Å². The average molecular weight is 614 g/mol. The summed E-state index contributed by atoms with van der Waals surface area (Å²) in [4.78, 5) is 61.6. The van der Waals surface area contributed by atoms with Crippen LogP contribution in [-0.4, -0.2) is 112 Å². The Kier molecular flexibility index (Phi) is 12.2. The molecule has 0 bridgehead atoms. The Bertz CT molecular complexity index is 1350. The zero-order chi connectivity index (χ0) is 31.3. The largest absolute Gasteiger partial charge is 0.491 e. The van der Waals surface area contributed by atoms with Crippen LogP contribution >= 0.6 is 0 Å². The van der Waals surface area contributed by atoms with E-state index in [1.165, 1.54) is 12.1 Å². The molecule has 2 aromatic carbocycles. The van der Waals surface area contributed by atoms with Gasteiger partial charge in [0, 0.05) is 18.7 Å². The van der Waals surface area contributed by atoms with Crippen LogP contribution in [0.15, 0.2) is 42.5 Å². The van der Waals surface area contributed by atoms with E-state index < -0.39 is 35.6 Å². The lowest BCUT2D eigenvalue weighted by molar-refractivity contribution is -0.136. The third kappa shape index (κ3) is 8.83. The molecule has 1 atom stereocenters. The molecule has 3 N–H and O–H groups in total. The number of nitrogens with zero attached hydrogens (tertiary/aromatic N) is 1. The van der Waals surface area contributed by atoms with Gasteiger partial charge < -0.3 is 34.1 Å². The number of rotatable bonds is 19. The first-order chi connectivity index (χ1) is 21.4. The third-order valence-electron chi connectivity index (χ3n) is 6.72. The molecule has 1 unspecified atom stereocenters. The minimum Gasteiger partial charge on any atom is -0.491 e. The van der Waals surface area contributed by atoms with E-state index in [0.717, 1.165) is 4.90 Å². The third-order valence-corrected chi connectivity index (χ3v) is 6.72. The Balaban J connectivity index is 1.01. The van der Waals surface area contributed by atoms with E-state index in [0.29, 0.717) is 70.8 Å². The molecule has 2 aliphatic rings. The number of nitrogens with one attached hydrogen (secondary N) is 2. The molecule has 2 aromatic rings. The highest BCUT2D eigenvalue weighted by Crippen LogP contribution is 2.32. The van der Waals surface area contributed by atoms with Gasteiger partial charge in [-0.2, -0.15) is 0 Å². The number of carboxylic acids is 1. The van der Waals surface area contributed by atoms with Crippen molar-refractivity contribution in [3.8, 4) is 5.75 Å². The molecule has 0 spiro atoms. The molecule has 0 aliphatic carbocycles. The fourth-order valence-corrected chi connectivity index (χ4v) is 4.62. The topological polar surface area (TPSA) is 179 Å². The summed E-state index contributed by atoms with van der Waals surface area (Å²) in [5.74, 6) is -2.74. The lowest BCUT2D eigenvalue weighted by Gasteiger charge is -2.27. The number of carbonyl (C=O) groups excluding carboxylic acids is 4. The predicted molar refractivity (Wildman–Crippen MR) is 154 cm³/mol. The molecule has 0 aromatic heterocycles. The standard InChI is InChI=1S/C30H35N3O11/c34-25-8-7-24(27(35)32-25)33-28(36)22-5-2-6-23(26(22)29(33)37)31-9-10-40-11-12-41-13-14-42-15-16-43-17-18-44-21-4-1-3-20(19-21)30(38)39/h1-6,19,24,31H,7-18H2,(H,38,39)(H,32,34,35). The van der Waals surface area contributed by atoms with Crippen molar-refractivity contribution >= 4 is 35.3 Å². The van der Waals surface area contributed by atoms with Crippen LogP contribution in [0.25, 0.3) is 0 Å². The minimum absolute atomic E-state index is 0.0610. The van der Waals surface area contributed by atoms with Gasteiger partial charge in [-0.25, -0.2) is 4.79 Å². The summed E-state index contributed by atoms with van der Waals surface area (Å²) in [5.41, 5.74) is 1.04. The zero-order valence-corrected chi connectivity index (χ0v) is 24.1. The second-order valence-electron chi connectivity index (χ2n) is 9.73. The van der Waals surface area contributed by atoms with Crippen molar-refractivity contribution in [2.75, 3.05) is 71.3 Å². The van der Waals surface area contributed by atoms with Crippen molar-refractivity contribution in [3.05, 3.63) is 59.2 Å². The first-order valence-electron chi connectivity index (χ1n) is 14.2. The van der Waals surface area contributed by atoms with E-state index in [1.54, 1.807) is 30.3 Å². The number of imide groups is 2. The Labute approximate surface area is 253 Å². The van der Waals surface area contributed by atoms with Gasteiger partial charge in [0.05, 0.1) is 69.5 Å². The van der Waals surface area contributed by atoms with Crippen LogP contribution < -0.4 is 15.4 Å². The van der Waals surface area contributed by atoms with E-state index in [4.69, 9.17) is 28.8 Å². The smallest absolute Gasteiger partial charge is 0.335 e. The Morgan fingerprint density at radius 3 is 2.14 bits per heavy atom. The highest BCUT2D eigenvalue weighted by atomic mass is 16.6. The fourth-order valence-electron chi connectivity index (χ4n) is 4.62. The molecule has 4 rings (SSSR count). The Hall–Kier alpha value is -4.37. The highest BCUT2D eigenvalue weighted by molar-refractivity contribution is 6.25. The zero-order valence-electron chi connectivity index (χ0n) is 24.1. The van der Waals surface area contributed by atoms with Crippen LogP contribution in [0, 0.1) is 0 Å². The molecule has 4 amide bonds. The van der Waals surface area contributed by atoms with Crippen LogP contribution in [0.3, 0.4) is 0 Å². The molecule has 0 radical (unpaired) electrons. The molecule has 1 fully saturated rings. The number of fused-ring (bicyclic) bond motifs is 1. The molecular formula is C30H35N3O11. The van der Waals surface area contributed by atoms with Gasteiger partial charge in [0.15, 0.2) is 0 Å². The number of hydrogen-bond donors (Lipinski definition) is 3. The van der Waals surface area contributed by atoms with Gasteiger partial charge >= 0.3 is 5.97 Å². The molecule has 2 heterocycles. The fraction of sp³-hybridized carbons (Fsp3) is 0.433. The Morgan fingerprint density at radius 2 is 1.48 bits per heavy atom. The second kappa shape index (κ2) is 16.5. The predicted octanol–water partition coefficient (Wildman–Crippen LogP) is 1.34. The molecule has 14 heteroatoms. The maximum Gasteiger partial charge on any atom is 0.335 e. The highest BCUT2D eigenvalue weighted by Gasteiger charge is 2.45. The first kappa shape index (κ1) is 32.5. The number of anilines is 1. The van der Waals surface area contributed by atoms with E-state index in [1.807, 2.05) is 0 Å². The molecule has 44 heavy (non-hydrogen) atoms. The molecule has 1 saturated heterocycles. The number of amides is 4. The number of piperidine rings is 1. The number of carboxylic acid groups (broad SMARTS) is 1. The first-order valence-corrected chi connectivity index (χ1v) is 14.2. The van der Waals surface area contributed by atoms with Crippen molar-refractivity contribution in [3.63, 3.8) is 0 Å². The van der Waals surface area contributed by atoms with Crippen molar-refractivity contribution in [2.45, 2.75) is 18.9 Å². The lowest BCUT2D eigenvalue weighted by Crippen LogP contribution is -2.54. The van der Waals surface area contributed by atoms with E-state index in [9.17, 15) is 24.0 Å². The maximum atomic E-state index is 13.1. The summed E-state index contributed by atoms with van der Waals surface area (Å²) >= 11 is 0. The summed E-state index contributed by atoms with van der Waals surface area (Å²) in [5, 5.41) is 14.3. The molecule has 14 nitrogen and oxygen atoms in total. The van der Waals surface area contributed by atoms with Crippen LogP contribution in [0.1, 0.15) is 43.9 Å². The Morgan fingerprint density at radius 1 is 0.841 bits per heavy atom. The number of carbonyl (C=O) groups is 5. The van der Waals surface area contributed by atoms with Gasteiger partial charge in [0.2, 0.25) is 11.8 Å².